The Kier molecular flexibility index (Phi) is 6.20. The molecule has 0 saturated heterocycles. The van der Waals surface area contributed by atoms with E-state index < -0.39 is 11.8 Å². The van der Waals surface area contributed by atoms with Crippen molar-refractivity contribution in [3.05, 3.63) is 88.3 Å². The summed E-state index contributed by atoms with van der Waals surface area (Å²) in [6.45, 7) is 6.10. The molecule has 2 aromatic carbocycles. The number of hydrogen-bond donors (Lipinski definition) is 3. The van der Waals surface area contributed by atoms with Crippen molar-refractivity contribution in [1.82, 2.24) is 41.2 Å². The number of hydrogen-bond acceptors (Lipinski definition) is 7. The fourth-order valence-electron chi connectivity index (χ4n) is 4.66. The summed E-state index contributed by atoms with van der Waals surface area (Å²) < 4.78 is 13.5. The number of aryl methyl sites for hydroxylation is 1. The normalized spacial score (nSPS) is 15.7. The van der Waals surface area contributed by atoms with Gasteiger partial charge in [0.1, 0.15) is 23.5 Å². The van der Waals surface area contributed by atoms with Crippen LogP contribution in [0.4, 0.5) is 4.39 Å². The fourth-order valence-corrected chi connectivity index (χ4v) is 4.66. The van der Waals surface area contributed by atoms with E-state index in [2.05, 4.69) is 55.1 Å². The van der Waals surface area contributed by atoms with Gasteiger partial charge in [0.25, 0.3) is 11.8 Å². The minimum Gasteiger partial charge on any atom is -0.347 e. The summed E-state index contributed by atoms with van der Waals surface area (Å²) in [5, 5.41) is 20.0. The largest absolute Gasteiger partial charge is 0.347 e. The third-order valence-corrected chi connectivity index (χ3v) is 6.59. The Morgan fingerprint density at radius 2 is 1.86 bits per heavy atom. The van der Waals surface area contributed by atoms with Gasteiger partial charge in [-0.15, -0.1) is 10.2 Å². The van der Waals surface area contributed by atoms with E-state index in [0.717, 1.165) is 22.3 Å². The number of tetrazole rings is 1. The average molecular weight is 501 g/mol. The summed E-state index contributed by atoms with van der Waals surface area (Å²) in [6, 6.07) is 11.7. The van der Waals surface area contributed by atoms with Gasteiger partial charge < -0.3 is 10.6 Å². The maximum Gasteiger partial charge on any atom is 0.270 e. The molecule has 10 nitrogen and oxygen atoms in total. The molecule has 2 aromatic heterocycles. The Labute approximate surface area is 212 Å². The second-order valence-corrected chi connectivity index (χ2v) is 9.71. The molecule has 0 bridgehead atoms. The first-order valence-electron chi connectivity index (χ1n) is 11.8. The van der Waals surface area contributed by atoms with E-state index in [-0.39, 0.29) is 35.2 Å². The Hall–Kier alpha value is -4.54. The van der Waals surface area contributed by atoms with Crippen molar-refractivity contribution in [2.24, 2.45) is 0 Å². The van der Waals surface area contributed by atoms with Gasteiger partial charge in [-0.3, -0.25) is 9.59 Å². The molecule has 0 aliphatic heterocycles. The number of aromatic amines is 1. The van der Waals surface area contributed by atoms with Crippen molar-refractivity contribution >= 4 is 11.8 Å². The molecule has 0 radical (unpaired) electrons. The minimum absolute atomic E-state index is 0.0656. The van der Waals surface area contributed by atoms with Gasteiger partial charge >= 0.3 is 0 Å². The van der Waals surface area contributed by atoms with Gasteiger partial charge in [-0.25, -0.2) is 14.4 Å². The molecule has 4 aromatic rings. The van der Waals surface area contributed by atoms with E-state index in [4.69, 9.17) is 0 Å². The van der Waals surface area contributed by atoms with Crippen LogP contribution in [-0.2, 0) is 12.0 Å². The molecule has 0 saturated carbocycles. The highest BCUT2D eigenvalue weighted by molar-refractivity contribution is 5.97. The van der Waals surface area contributed by atoms with Gasteiger partial charge in [0.05, 0.1) is 6.04 Å². The molecular weight excluding hydrogens is 475 g/mol. The maximum absolute atomic E-state index is 13.5. The number of H-pyrrole nitrogens is 1. The Morgan fingerprint density at radius 1 is 1.08 bits per heavy atom. The number of carbonyl (C=O) groups excluding carboxylic acids is 2. The fraction of sp³-hybridized carbons (Fsp3) is 0.269. The average Bonchev–Trinajstić information content (AvgIpc) is 3.51. The van der Waals surface area contributed by atoms with Gasteiger partial charge in [0, 0.05) is 18.2 Å². The topological polar surface area (TPSA) is 138 Å². The summed E-state index contributed by atoms with van der Waals surface area (Å²) in [5.74, 6) is -0.657. The van der Waals surface area contributed by atoms with Crippen molar-refractivity contribution < 1.29 is 14.0 Å². The number of carbonyl (C=O) groups is 2. The lowest BCUT2D eigenvalue weighted by atomic mass is 9.85. The molecule has 0 fully saturated rings. The van der Waals surface area contributed by atoms with E-state index >= 15 is 0 Å². The molecule has 2 heterocycles. The molecule has 1 atom stereocenters. The lowest BCUT2D eigenvalue weighted by molar-refractivity contribution is 0.0929. The van der Waals surface area contributed by atoms with E-state index in [1.807, 2.05) is 18.2 Å². The zero-order chi connectivity index (χ0) is 26.2. The van der Waals surface area contributed by atoms with Crippen molar-refractivity contribution in [2.75, 3.05) is 0 Å². The molecule has 3 N–H and O–H groups in total. The lowest BCUT2D eigenvalue weighted by Gasteiger charge is -2.19. The second kappa shape index (κ2) is 9.49. The first kappa shape index (κ1) is 24.2. The van der Waals surface area contributed by atoms with Gasteiger partial charge in [-0.1, -0.05) is 38.1 Å². The number of amides is 2. The number of aromatic nitrogens is 6. The van der Waals surface area contributed by atoms with Crippen LogP contribution in [0, 0.1) is 12.7 Å². The van der Waals surface area contributed by atoms with Crippen LogP contribution in [0.3, 0.4) is 0 Å². The standard InChI is InChI=1S/C26H25FN8O2/c1-14-8-15(4-7-19(14)27)12-28-24(36)20-10-21(30-13-29-20)25(37)31-22-11-26(2,3)18-9-16(5-6-17(18)22)23-32-34-35-33-23/h4-10,13,22H,11-12H2,1-3H3,(H,28,36)(H,31,37)(H,32,33,34,35). The van der Waals surface area contributed by atoms with Gasteiger partial charge in [-0.2, -0.15) is 5.21 Å². The number of halogens is 1. The Morgan fingerprint density at radius 3 is 2.59 bits per heavy atom. The number of fused-ring (bicyclic) bond motifs is 1. The Bertz CT molecular complexity index is 1490. The predicted molar refractivity (Wildman–Crippen MR) is 132 cm³/mol. The minimum atomic E-state index is -0.459. The van der Waals surface area contributed by atoms with Crippen molar-refractivity contribution in [3.8, 4) is 11.4 Å². The smallest absolute Gasteiger partial charge is 0.270 e. The molecule has 5 rings (SSSR count). The first-order chi connectivity index (χ1) is 17.7. The molecule has 1 aliphatic carbocycles. The van der Waals surface area contributed by atoms with Crippen molar-refractivity contribution in [3.63, 3.8) is 0 Å². The predicted octanol–water partition coefficient (Wildman–Crippen LogP) is 3.19. The van der Waals surface area contributed by atoms with Gasteiger partial charge in [0.2, 0.25) is 5.82 Å². The van der Waals surface area contributed by atoms with Crippen LogP contribution in [-0.4, -0.2) is 42.4 Å². The van der Waals surface area contributed by atoms with Crippen LogP contribution in [0.5, 0.6) is 0 Å². The third-order valence-electron chi connectivity index (χ3n) is 6.59. The molecule has 1 aliphatic rings. The second-order valence-electron chi connectivity index (χ2n) is 9.71. The quantitative estimate of drug-likeness (QED) is 0.370. The van der Waals surface area contributed by atoms with Gasteiger partial charge in [-0.05, 0) is 58.4 Å². The highest BCUT2D eigenvalue weighted by atomic mass is 19.1. The zero-order valence-electron chi connectivity index (χ0n) is 20.5. The number of nitrogens with zero attached hydrogens (tertiary/aromatic N) is 5. The summed E-state index contributed by atoms with van der Waals surface area (Å²) in [6.07, 6.45) is 1.88. The van der Waals surface area contributed by atoms with Crippen molar-refractivity contribution in [2.45, 2.75) is 45.2 Å². The van der Waals surface area contributed by atoms with E-state index in [0.29, 0.717) is 17.8 Å². The van der Waals surface area contributed by atoms with Crippen molar-refractivity contribution in [1.29, 1.82) is 0 Å². The summed E-state index contributed by atoms with van der Waals surface area (Å²) in [4.78, 5) is 33.8. The van der Waals surface area contributed by atoms with E-state index in [1.54, 1.807) is 19.1 Å². The number of rotatable bonds is 6. The van der Waals surface area contributed by atoms with Crippen LogP contribution in [0.25, 0.3) is 11.4 Å². The molecule has 37 heavy (non-hydrogen) atoms. The SMILES string of the molecule is Cc1cc(CNC(=O)c2cc(C(=O)NC3CC(C)(C)c4cc(-c5nn[nH]n5)ccc43)ncn2)ccc1F. The highest BCUT2D eigenvalue weighted by Gasteiger charge is 2.38. The van der Waals surface area contributed by atoms with E-state index in [9.17, 15) is 14.0 Å². The van der Waals surface area contributed by atoms with Crippen LogP contribution in [0.15, 0.2) is 48.8 Å². The maximum atomic E-state index is 13.5. The monoisotopic (exact) mass is 500 g/mol. The molecule has 11 heteroatoms. The van der Waals surface area contributed by atoms with Crippen LogP contribution in [0.1, 0.15) is 69.5 Å². The third kappa shape index (κ3) is 4.92. The zero-order valence-corrected chi connectivity index (χ0v) is 20.5. The van der Waals surface area contributed by atoms with Crippen LogP contribution < -0.4 is 10.6 Å². The highest BCUT2D eigenvalue weighted by Crippen LogP contribution is 2.45. The first-order valence-corrected chi connectivity index (χ1v) is 11.8. The van der Waals surface area contributed by atoms with Crippen LogP contribution >= 0.6 is 0 Å². The van der Waals surface area contributed by atoms with Gasteiger partial charge in [0.15, 0.2) is 0 Å². The molecule has 2 amide bonds. The van der Waals surface area contributed by atoms with Crippen LogP contribution in [0.2, 0.25) is 0 Å². The molecular formula is C26H25FN8O2. The molecule has 188 valence electrons. The Balaban J connectivity index is 1.29. The number of benzene rings is 2. The summed E-state index contributed by atoms with van der Waals surface area (Å²) in [5.41, 5.74) is 4.16. The summed E-state index contributed by atoms with van der Waals surface area (Å²) >= 11 is 0. The van der Waals surface area contributed by atoms with E-state index in [1.165, 1.54) is 18.5 Å². The molecule has 1 unspecified atom stereocenters. The summed E-state index contributed by atoms with van der Waals surface area (Å²) in [7, 11) is 0. The lowest BCUT2D eigenvalue weighted by Crippen LogP contribution is -2.30. The molecule has 0 spiro atoms. The number of nitrogens with one attached hydrogen (secondary N) is 3.